The van der Waals surface area contributed by atoms with E-state index in [0.717, 1.165) is 17.7 Å². The highest BCUT2D eigenvalue weighted by Gasteiger charge is 2.17. The average molecular weight is 316 g/mol. The van der Waals surface area contributed by atoms with Crippen molar-refractivity contribution < 1.29 is 18.6 Å². The van der Waals surface area contributed by atoms with Crippen molar-refractivity contribution in [3.05, 3.63) is 71.7 Å². The van der Waals surface area contributed by atoms with Crippen molar-refractivity contribution in [2.45, 2.75) is 6.10 Å². The molecule has 0 fully saturated rings. The number of aromatic amines is 1. The maximum absolute atomic E-state index is 13.3. The van der Waals surface area contributed by atoms with Crippen LogP contribution < -0.4 is 4.74 Å². The molecule has 23 heavy (non-hydrogen) atoms. The number of para-hydroxylation sites is 1. The minimum absolute atomic E-state index is 0.213. The van der Waals surface area contributed by atoms with Crippen LogP contribution in [0, 0.1) is 11.6 Å². The number of benzene rings is 2. The monoisotopic (exact) mass is 316 g/mol. The summed E-state index contributed by atoms with van der Waals surface area (Å²) in [4.78, 5) is 7.10. The first-order valence-corrected chi connectivity index (χ1v) is 6.91. The van der Waals surface area contributed by atoms with Crippen LogP contribution in [-0.2, 0) is 0 Å². The first-order valence-electron chi connectivity index (χ1n) is 6.91. The zero-order valence-corrected chi connectivity index (χ0v) is 12.3. The van der Waals surface area contributed by atoms with Gasteiger partial charge in [0.05, 0.1) is 19.0 Å². The van der Waals surface area contributed by atoms with Crippen molar-refractivity contribution in [3.8, 4) is 17.0 Å². The third-order valence-corrected chi connectivity index (χ3v) is 3.51. The van der Waals surface area contributed by atoms with Gasteiger partial charge in [-0.2, -0.15) is 0 Å². The third-order valence-electron chi connectivity index (χ3n) is 3.51. The van der Waals surface area contributed by atoms with E-state index in [1.807, 2.05) is 24.3 Å². The predicted molar refractivity (Wildman–Crippen MR) is 81.0 cm³/mol. The Morgan fingerprint density at radius 3 is 2.65 bits per heavy atom. The van der Waals surface area contributed by atoms with Gasteiger partial charge < -0.3 is 14.8 Å². The molecule has 0 saturated heterocycles. The zero-order valence-electron chi connectivity index (χ0n) is 12.3. The molecule has 0 radical (unpaired) electrons. The van der Waals surface area contributed by atoms with Crippen molar-refractivity contribution >= 4 is 0 Å². The first-order chi connectivity index (χ1) is 11.1. The topological polar surface area (TPSA) is 58.1 Å². The van der Waals surface area contributed by atoms with E-state index in [1.165, 1.54) is 6.07 Å². The van der Waals surface area contributed by atoms with Gasteiger partial charge in [-0.25, -0.2) is 13.8 Å². The lowest BCUT2D eigenvalue weighted by atomic mass is 10.1. The number of ether oxygens (including phenoxy) is 1. The Morgan fingerprint density at radius 1 is 1.13 bits per heavy atom. The summed E-state index contributed by atoms with van der Waals surface area (Å²) in [5, 5.41) is 10.3. The minimum Gasteiger partial charge on any atom is -0.496 e. The van der Waals surface area contributed by atoms with Gasteiger partial charge in [0.25, 0.3) is 0 Å². The standard InChI is InChI=1S/C17H14F2N2O2/c1-23-15-5-3-2-4-11(15)14-9-20-17(21-14)16(22)10-6-7-12(18)13(19)8-10/h2-9,16,22H,1H3,(H,20,21). The third kappa shape index (κ3) is 2.93. The molecule has 6 heteroatoms. The maximum atomic E-state index is 13.3. The molecular formula is C17H14F2N2O2. The lowest BCUT2D eigenvalue weighted by Crippen LogP contribution is -2.03. The van der Waals surface area contributed by atoms with E-state index in [0.29, 0.717) is 11.4 Å². The molecule has 1 atom stereocenters. The number of hydrogen-bond acceptors (Lipinski definition) is 3. The summed E-state index contributed by atoms with van der Waals surface area (Å²) in [6.07, 6.45) is 0.365. The largest absolute Gasteiger partial charge is 0.496 e. The van der Waals surface area contributed by atoms with Gasteiger partial charge in [-0.3, -0.25) is 0 Å². The molecule has 0 saturated carbocycles. The van der Waals surface area contributed by atoms with Crippen LogP contribution in [0.5, 0.6) is 5.75 Å². The number of aromatic nitrogens is 2. The number of nitrogens with zero attached hydrogens (tertiary/aromatic N) is 1. The molecule has 0 aliphatic heterocycles. The summed E-state index contributed by atoms with van der Waals surface area (Å²) in [6.45, 7) is 0. The van der Waals surface area contributed by atoms with E-state index in [1.54, 1.807) is 13.3 Å². The van der Waals surface area contributed by atoms with Crippen molar-refractivity contribution in [1.82, 2.24) is 9.97 Å². The van der Waals surface area contributed by atoms with Crippen molar-refractivity contribution in [2.24, 2.45) is 0 Å². The van der Waals surface area contributed by atoms with Gasteiger partial charge in [0.2, 0.25) is 0 Å². The average Bonchev–Trinajstić information content (AvgIpc) is 3.06. The Bertz CT molecular complexity index is 833. The lowest BCUT2D eigenvalue weighted by molar-refractivity contribution is 0.210. The van der Waals surface area contributed by atoms with E-state index < -0.39 is 17.7 Å². The summed E-state index contributed by atoms with van der Waals surface area (Å²) >= 11 is 0. The second-order valence-corrected chi connectivity index (χ2v) is 4.96. The van der Waals surface area contributed by atoms with Crippen LogP contribution >= 0.6 is 0 Å². The van der Waals surface area contributed by atoms with Crippen molar-refractivity contribution in [3.63, 3.8) is 0 Å². The van der Waals surface area contributed by atoms with Crippen LogP contribution in [0.1, 0.15) is 17.5 Å². The summed E-state index contributed by atoms with van der Waals surface area (Å²) in [5.74, 6) is -1.09. The number of methoxy groups -OCH3 is 1. The molecule has 1 unspecified atom stereocenters. The molecule has 0 amide bonds. The van der Waals surface area contributed by atoms with Gasteiger partial charge >= 0.3 is 0 Å². The molecule has 0 bridgehead atoms. The van der Waals surface area contributed by atoms with Crippen LogP contribution in [-0.4, -0.2) is 22.2 Å². The summed E-state index contributed by atoms with van der Waals surface area (Å²) in [5.41, 5.74) is 1.65. The lowest BCUT2D eigenvalue weighted by Gasteiger charge is -2.09. The quantitative estimate of drug-likeness (QED) is 0.775. The molecule has 0 aliphatic rings. The van der Waals surface area contributed by atoms with E-state index in [4.69, 9.17) is 4.74 Å². The molecule has 118 valence electrons. The summed E-state index contributed by atoms with van der Waals surface area (Å²) < 4.78 is 31.6. The number of H-pyrrole nitrogens is 1. The number of aliphatic hydroxyl groups is 1. The Hall–Kier alpha value is -2.73. The highest BCUT2D eigenvalue weighted by molar-refractivity contribution is 5.66. The van der Waals surface area contributed by atoms with Gasteiger partial charge in [0.1, 0.15) is 17.7 Å². The number of halogens is 2. The second-order valence-electron chi connectivity index (χ2n) is 4.96. The van der Waals surface area contributed by atoms with Gasteiger partial charge in [0, 0.05) is 5.56 Å². The molecule has 1 aromatic heterocycles. The normalized spacial score (nSPS) is 12.2. The van der Waals surface area contributed by atoms with E-state index in [2.05, 4.69) is 9.97 Å². The minimum atomic E-state index is -1.19. The van der Waals surface area contributed by atoms with Crippen LogP contribution in [0.15, 0.2) is 48.7 Å². The van der Waals surface area contributed by atoms with Crippen molar-refractivity contribution in [2.75, 3.05) is 7.11 Å². The Kier molecular flexibility index (Phi) is 4.08. The highest BCUT2D eigenvalue weighted by Crippen LogP contribution is 2.30. The first kappa shape index (κ1) is 15.2. The molecule has 0 aliphatic carbocycles. The molecule has 2 N–H and O–H groups in total. The van der Waals surface area contributed by atoms with Crippen LogP contribution in [0.4, 0.5) is 8.78 Å². The Balaban J connectivity index is 1.93. The van der Waals surface area contributed by atoms with Gasteiger partial charge in [-0.15, -0.1) is 0 Å². The van der Waals surface area contributed by atoms with Crippen LogP contribution in [0.3, 0.4) is 0 Å². The molecule has 0 spiro atoms. The maximum Gasteiger partial charge on any atom is 0.159 e. The molecule has 3 aromatic rings. The van der Waals surface area contributed by atoms with E-state index in [-0.39, 0.29) is 11.4 Å². The van der Waals surface area contributed by atoms with E-state index >= 15 is 0 Å². The van der Waals surface area contributed by atoms with Gasteiger partial charge in [-0.1, -0.05) is 18.2 Å². The van der Waals surface area contributed by atoms with Gasteiger partial charge in [0.15, 0.2) is 11.6 Å². The van der Waals surface area contributed by atoms with Crippen LogP contribution in [0.2, 0.25) is 0 Å². The number of aliphatic hydroxyl groups excluding tert-OH is 1. The highest BCUT2D eigenvalue weighted by atomic mass is 19.2. The molecule has 3 rings (SSSR count). The van der Waals surface area contributed by atoms with Crippen LogP contribution in [0.25, 0.3) is 11.3 Å². The fourth-order valence-electron chi connectivity index (χ4n) is 2.32. The van der Waals surface area contributed by atoms with E-state index in [9.17, 15) is 13.9 Å². The Labute approximate surface area is 131 Å². The number of rotatable bonds is 4. The summed E-state index contributed by atoms with van der Waals surface area (Å²) in [6, 6.07) is 10.6. The molecule has 4 nitrogen and oxygen atoms in total. The molecule has 1 heterocycles. The number of imidazole rings is 1. The number of nitrogens with one attached hydrogen (secondary N) is 1. The summed E-state index contributed by atoms with van der Waals surface area (Å²) in [7, 11) is 1.56. The molecule has 2 aromatic carbocycles. The Morgan fingerprint density at radius 2 is 1.91 bits per heavy atom. The fourth-order valence-corrected chi connectivity index (χ4v) is 2.32. The SMILES string of the molecule is COc1ccccc1-c1cnc(C(O)c2ccc(F)c(F)c2)[nH]1. The van der Waals surface area contributed by atoms with Crippen molar-refractivity contribution in [1.29, 1.82) is 0 Å². The molecular weight excluding hydrogens is 302 g/mol. The predicted octanol–water partition coefficient (Wildman–Crippen LogP) is 3.45. The van der Waals surface area contributed by atoms with Gasteiger partial charge in [-0.05, 0) is 29.8 Å². The fraction of sp³-hybridized carbons (Fsp3) is 0.118. The zero-order chi connectivity index (χ0) is 16.4. The second kappa shape index (κ2) is 6.18. The number of hydrogen-bond donors (Lipinski definition) is 2. The smallest absolute Gasteiger partial charge is 0.159 e.